The number of thiophene rings is 1. The Labute approximate surface area is 175 Å². The average molecular weight is 460 g/mol. The quantitative estimate of drug-likeness (QED) is 0.321. The third-order valence-electron chi connectivity index (χ3n) is 3.51. The van der Waals surface area contributed by atoms with Crippen molar-refractivity contribution in [2.45, 2.75) is 13.5 Å². The van der Waals surface area contributed by atoms with Crippen LogP contribution in [-0.2, 0) is 16.1 Å². The number of esters is 1. The Kier molecular flexibility index (Phi) is 6.14. The molecule has 2 aromatic heterocycles. The van der Waals surface area contributed by atoms with Crippen LogP contribution in [0.2, 0.25) is 10.0 Å². The van der Waals surface area contributed by atoms with E-state index in [1.54, 1.807) is 19.1 Å². The molecule has 12 heteroatoms. The van der Waals surface area contributed by atoms with E-state index in [9.17, 15) is 19.7 Å². The molecule has 28 heavy (non-hydrogen) atoms. The maximum absolute atomic E-state index is 12.5. The van der Waals surface area contributed by atoms with Crippen molar-refractivity contribution in [1.82, 2.24) is 4.57 Å². The Morgan fingerprint density at radius 1 is 1.25 bits per heavy atom. The summed E-state index contributed by atoms with van der Waals surface area (Å²) in [4.78, 5) is 39.1. The standard InChI is InChI=1S/C16H11Cl2N3O5S2/c1-2-26-12(22)7-20-14-9(4-3-8(17)13(14)18)28-16(20)19-15(23)10-5-6-11(27-10)21(24)25/h3-6H,2,7H2,1H3. The maximum atomic E-state index is 12.5. The van der Waals surface area contributed by atoms with Gasteiger partial charge in [-0.2, -0.15) is 4.99 Å². The van der Waals surface area contributed by atoms with Crippen molar-refractivity contribution >= 4 is 73.0 Å². The van der Waals surface area contributed by atoms with Crippen molar-refractivity contribution in [2.24, 2.45) is 4.99 Å². The van der Waals surface area contributed by atoms with Gasteiger partial charge in [0.2, 0.25) is 0 Å². The number of nitro groups is 1. The van der Waals surface area contributed by atoms with Crippen LogP contribution >= 0.6 is 45.9 Å². The molecule has 0 bridgehead atoms. The molecular weight excluding hydrogens is 449 g/mol. The highest BCUT2D eigenvalue weighted by atomic mass is 35.5. The number of fused-ring (bicyclic) bond motifs is 1. The van der Waals surface area contributed by atoms with E-state index in [0.717, 1.165) is 22.7 Å². The lowest BCUT2D eigenvalue weighted by Gasteiger charge is -2.06. The van der Waals surface area contributed by atoms with E-state index in [-0.39, 0.29) is 37.9 Å². The number of hydrogen-bond donors (Lipinski definition) is 0. The Hall–Kier alpha value is -2.27. The van der Waals surface area contributed by atoms with Crippen LogP contribution < -0.4 is 4.80 Å². The number of hydrogen-bond acceptors (Lipinski definition) is 7. The van der Waals surface area contributed by atoms with Gasteiger partial charge in [-0.25, -0.2) is 0 Å². The number of carbonyl (C=O) groups excluding carboxylic acids is 2. The van der Waals surface area contributed by atoms with Gasteiger partial charge in [-0.15, -0.1) is 0 Å². The van der Waals surface area contributed by atoms with Crippen molar-refractivity contribution in [2.75, 3.05) is 6.61 Å². The van der Waals surface area contributed by atoms with Gasteiger partial charge in [-0.1, -0.05) is 45.9 Å². The topological polar surface area (TPSA) is 104 Å². The Bertz CT molecular complexity index is 1160. The molecule has 0 aliphatic heterocycles. The minimum absolute atomic E-state index is 0.107. The summed E-state index contributed by atoms with van der Waals surface area (Å²) in [6, 6.07) is 5.88. The van der Waals surface area contributed by atoms with Crippen LogP contribution in [0.25, 0.3) is 10.2 Å². The number of thiazole rings is 1. The smallest absolute Gasteiger partial charge is 0.326 e. The minimum atomic E-state index is -0.663. The van der Waals surface area contributed by atoms with E-state index in [2.05, 4.69) is 4.99 Å². The summed E-state index contributed by atoms with van der Waals surface area (Å²) in [5.41, 5.74) is 0.455. The predicted molar refractivity (Wildman–Crippen MR) is 107 cm³/mol. The van der Waals surface area contributed by atoms with Crippen molar-refractivity contribution in [1.29, 1.82) is 0 Å². The number of ether oxygens (including phenoxy) is 1. The van der Waals surface area contributed by atoms with Crippen molar-refractivity contribution in [3.05, 3.63) is 54.1 Å². The van der Waals surface area contributed by atoms with E-state index >= 15 is 0 Å². The zero-order valence-corrected chi connectivity index (χ0v) is 17.3. The maximum Gasteiger partial charge on any atom is 0.326 e. The third kappa shape index (κ3) is 4.09. The van der Waals surface area contributed by atoms with E-state index in [1.165, 1.54) is 16.7 Å². The lowest BCUT2D eigenvalue weighted by molar-refractivity contribution is -0.380. The molecular formula is C16H11Cl2N3O5S2. The van der Waals surface area contributed by atoms with Crippen LogP contribution in [0.5, 0.6) is 0 Å². The van der Waals surface area contributed by atoms with Gasteiger partial charge < -0.3 is 9.30 Å². The predicted octanol–water partition coefficient (Wildman–Crippen LogP) is 4.28. The number of amides is 1. The molecule has 146 valence electrons. The molecule has 2 heterocycles. The fourth-order valence-corrected chi connectivity index (χ4v) is 4.57. The second-order valence-corrected chi connectivity index (χ2v) is 8.15. The average Bonchev–Trinajstić information content (AvgIpc) is 3.25. The van der Waals surface area contributed by atoms with Crippen LogP contribution in [0, 0.1) is 10.1 Å². The largest absolute Gasteiger partial charge is 0.465 e. The number of nitrogens with zero attached hydrogens (tertiary/aromatic N) is 3. The highest BCUT2D eigenvalue weighted by molar-refractivity contribution is 7.17. The van der Waals surface area contributed by atoms with Crippen LogP contribution in [0.1, 0.15) is 16.6 Å². The van der Waals surface area contributed by atoms with Crippen LogP contribution in [0.3, 0.4) is 0 Å². The van der Waals surface area contributed by atoms with E-state index in [1.807, 2.05) is 0 Å². The van der Waals surface area contributed by atoms with Gasteiger partial charge in [0, 0.05) is 6.07 Å². The highest BCUT2D eigenvalue weighted by Crippen LogP contribution is 2.32. The van der Waals surface area contributed by atoms with Crippen molar-refractivity contribution in [3.63, 3.8) is 0 Å². The van der Waals surface area contributed by atoms with E-state index in [0.29, 0.717) is 10.2 Å². The molecule has 0 saturated carbocycles. The second-order valence-electron chi connectivity index (χ2n) is 5.30. The molecule has 0 N–H and O–H groups in total. The monoisotopic (exact) mass is 459 g/mol. The van der Waals surface area contributed by atoms with Crippen molar-refractivity contribution < 1.29 is 19.2 Å². The molecule has 8 nitrogen and oxygen atoms in total. The van der Waals surface area contributed by atoms with Gasteiger partial charge in [0.05, 0.1) is 31.8 Å². The lowest BCUT2D eigenvalue weighted by atomic mass is 10.3. The number of rotatable bonds is 5. The van der Waals surface area contributed by atoms with Crippen LogP contribution in [0.15, 0.2) is 29.3 Å². The van der Waals surface area contributed by atoms with Gasteiger partial charge in [0.15, 0.2) is 4.80 Å². The Morgan fingerprint density at radius 2 is 2.00 bits per heavy atom. The molecule has 0 unspecified atom stereocenters. The zero-order chi connectivity index (χ0) is 20.4. The van der Waals surface area contributed by atoms with Crippen molar-refractivity contribution in [3.8, 4) is 0 Å². The first kappa shape index (κ1) is 20.5. The molecule has 3 rings (SSSR count). The molecule has 1 aromatic carbocycles. The molecule has 3 aromatic rings. The van der Waals surface area contributed by atoms with Gasteiger partial charge in [0.1, 0.15) is 11.4 Å². The number of benzene rings is 1. The fourth-order valence-electron chi connectivity index (χ4n) is 2.35. The molecule has 0 radical (unpaired) electrons. The first-order valence-corrected chi connectivity index (χ1v) is 10.2. The Balaban J connectivity index is 2.14. The first-order valence-electron chi connectivity index (χ1n) is 7.78. The summed E-state index contributed by atoms with van der Waals surface area (Å²) in [6.45, 7) is 1.65. The van der Waals surface area contributed by atoms with Gasteiger partial charge >= 0.3 is 11.0 Å². The summed E-state index contributed by atoms with van der Waals surface area (Å²) in [5, 5.41) is 11.2. The summed E-state index contributed by atoms with van der Waals surface area (Å²) in [5.74, 6) is -1.19. The number of halogens is 2. The van der Waals surface area contributed by atoms with Crippen LogP contribution in [-0.4, -0.2) is 28.0 Å². The summed E-state index contributed by atoms with van der Waals surface area (Å²) >= 11 is 14.2. The molecule has 0 spiro atoms. The summed E-state index contributed by atoms with van der Waals surface area (Å²) in [7, 11) is 0. The molecule has 0 aliphatic rings. The summed E-state index contributed by atoms with van der Waals surface area (Å²) in [6.07, 6.45) is 0. The highest BCUT2D eigenvalue weighted by Gasteiger charge is 2.18. The molecule has 1 amide bonds. The van der Waals surface area contributed by atoms with Gasteiger partial charge in [-0.05, 0) is 25.1 Å². The number of carbonyl (C=O) groups is 2. The number of aromatic nitrogens is 1. The first-order chi connectivity index (χ1) is 13.3. The third-order valence-corrected chi connectivity index (χ3v) is 6.37. The van der Waals surface area contributed by atoms with E-state index < -0.39 is 16.8 Å². The summed E-state index contributed by atoms with van der Waals surface area (Å²) < 4.78 is 7.10. The normalized spacial score (nSPS) is 11.8. The minimum Gasteiger partial charge on any atom is -0.465 e. The fraction of sp³-hybridized carbons (Fsp3) is 0.188. The lowest BCUT2D eigenvalue weighted by Crippen LogP contribution is -2.23. The van der Waals surface area contributed by atoms with E-state index in [4.69, 9.17) is 27.9 Å². The van der Waals surface area contributed by atoms with Gasteiger partial charge in [0.25, 0.3) is 5.91 Å². The Morgan fingerprint density at radius 3 is 2.64 bits per heavy atom. The van der Waals surface area contributed by atoms with Crippen LogP contribution in [0.4, 0.5) is 5.00 Å². The SMILES string of the molecule is CCOC(=O)Cn1c(=NC(=O)c2ccc([N+](=O)[O-])s2)sc2ccc(Cl)c(Cl)c21. The zero-order valence-electron chi connectivity index (χ0n) is 14.2. The molecule has 0 aliphatic carbocycles. The molecule has 0 saturated heterocycles. The molecule has 0 fully saturated rings. The van der Waals surface area contributed by atoms with Gasteiger partial charge in [-0.3, -0.25) is 19.7 Å². The molecule has 0 atom stereocenters. The second kappa shape index (κ2) is 8.39.